The lowest BCUT2D eigenvalue weighted by Gasteiger charge is -2.30. The van der Waals surface area contributed by atoms with E-state index in [1.54, 1.807) is 26.8 Å². The van der Waals surface area contributed by atoms with Gasteiger partial charge in [0.25, 0.3) is 5.91 Å². The number of carbonyl (C=O) groups excluding carboxylic acids is 2. The maximum Gasteiger partial charge on any atom is 0.413 e. The molecule has 2 rings (SSSR count). The lowest BCUT2D eigenvalue weighted by atomic mass is 10.0. The Labute approximate surface area is 151 Å². The van der Waals surface area contributed by atoms with E-state index in [0.29, 0.717) is 31.5 Å². The Morgan fingerprint density at radius 1 is 1.23 bits per heavy atom. The fraction of sp³-hybridized carbons (Fsp3) is 0.529. The van der Waals surface area contributed by atoms with Gasteiger partial charge in [-0.1, -0.05) is 0 Å². The molecule has 1 aliphatic heterocycles. The zero-order valence-corrected chi connectivity index (χ0v) is 15.1. The van der Waals surface area contributed by atoms with E-state index in [4.69, 9.17) is 9.84 Å². The second-order valence-electron chi connectivity index (χ2n) is 7.08. The Morgan fingerprint density at radius 2 is 1.88 bits per heavy atom. The molecule has 0 aromatic carbocycles. The van der Waals surface area contributed by atoms with Crippen molar-refractivity contribution in [2.45, 2.75) is 45.3 Å². The molecule has 1 aromatic rings. The van der Waals surface area contributed by atoms with Crippen molar-refractivity contribution in [3.05, 3.63) is 23.9 Å². The van der Waals surface area contributed by atoms with Crippen molar-refractivity contribution in [2.75, 3.05) is 18.4 Å². The van der Waals surface area contributed by atoms with E-state index in [9.17, 15) is 14.4 Å². The molecule has 9 heteroatoms. The van der Waals surface area contributed by atoms with Crippen LogP contribution in [0, 0.1) is 0 Å². The Morgan fingerprint density at radius 3 is 2.38 bits per heavy atom. The van der Waals surface area contributed by atoms with Crippen LogP contribution in [-0.4, -0.2) is 57.8 Å². The molecule has 0 radical (unpaired) electrons. The molecule has 0 aliphatic carbocycles. The van der Waals surface area contributed by atoms with Gasteiger partial charge in [-0.2, -0.15) is 0 Å². The molecule has 1 aliphatic rings. The van der Waals surface area contributed by atoms with Crippen molar-refractivity contribution in [3.63, 3.8) is 0 Å². The number of aromatic nitrogens is 1. The van der Waals surface area contributed by atoms with E-state index in [-0.39, 0.29) is 17.8 Å². The fourth-order valence-electron chi connectivity index (χ4n) is 2.49. The van der Waals surface area contributed by atoms with Gasteiger partial charge in [-0.3, -0.25) is 10.1 Å². The quantitative estimate of drug-likeness (QED) is 0.757. The Hall–Kier alpha value is -2.84. The Balaban J connectivity index is 1.85. The zero-order valence-electron chi connectivity index (χ0n) is 15.1. The summed E-state index contributed by atoms with van der Waals surface area (Å²) in [6, 6.07) is 3.01. The molecule has 0 bridgehead atoms. The number of likely N-dealkylation sites (tertiary alicyclic amines) is 1. The summed E-state index contributed by atoms with van der Waals surface area (Å²) in [5, 5.41) is 14.3. The second kappa shape index (κ2) is 8.03. The first-order valence-electron chi connectivity index (χ1n) is 8.39. The molecule has 9 nitrogen and oxygen atoms in total. The fourth-order valence-corrected chi connectivity index (χ4v) is 2.49. The van der Waals surface area contributed by atoms with Gasteiger partial charge in [-0.25, -0.2) is 14.6 Å². The first-order valence-corrected chi connectivity index (χ1v) is 8.39. The highest BCUT2D eigenvalue weighted by atomic mass is 16.6. The van der Waals surface area contributed by atoms with E-state index in [2.05, 4.69) is 15.6 Å². The molecular weight excluding hydrogens is 340 g/mol. The molecule has 1 fully saturated rings. The molecule has 0 spiro atoms. The van der Waals surface area contributed by atoms with Gasteiger partial charge in [-0.05, 0) is 45.7 Å². The highest BCUT2D eigenvalue weighted by Gasteiger charge is 2.24. The Kier molecular flexibility index (Phi) is 6.01. The maximum atomic E-state index is 12.3. The van der Waals surface area contributed by atoms with Gasteiger partial charge >= 0.3 is 12.2 Å². The molecule has 26 heavy (non-hydrogen) atoms. The van der Waals surface area contributed by atoms with Crippen LogP contribution < -0.4 is 10.6 Å². The SMILES string of the molecule is CC(C)(C)OC(=O)Nc1ccc(C(=O)NC2CCN(C(=O)O)CC2)cn1. The van der Waals surface area contributed by atoms with Crippen molar-refractivity contribution < 1.29 is 24.2 Å². The molecular formula is C17H24N4O5. The van der Waals surface area contributed by atoms with Crippen molar-refractivity contribution in [2.24, 2.45) is 0 Å². The number of carboxylic acid groups (broad SMARTS) is 1. The number of ether oxygens (including phenoxy) is 1. The number of nitrogens with zero attached hydrogens (tertiary/aromatic N) is 2. The number of hydrogen-bond acceptors (Lipinski definition) is 5. The summed E-state index contributed by atoms with van der Waals surface area (Å²) in [7, 11) is 0. The number of nitrogens with one attached hydrogen (secondary N) is 2. The summed E-state index contributed by atoms with van der Waals surface area (Å²) in [5.41, 5.74) is -0.250. The van der Waals surface area contributed by atoms with Gasteiger partial charge in [-0.15, -0.1) is 0 Å². The van der Waals surface area contributed by atoms with Gasteiger partial charge in [0.1, 0.15) is 11.4 Å². The minimum absolute atomic E-state index is 0.0716. The topological polar surface area (TPSA) is 121 Å². The van der Waals surface area contributed by atoms with Gasteiger partial charge in [0, 0.05) is 25.3 Å². The molecule has 142 valence electrons. The highest BCUT2D eigenvalue weighted by molar-refractivity contribution is 5.94. The first-order chi connectivity index (χ1) is 12.1. The second-order valence-corrected chi connectivity index (χ2v) is 7.08. The third kappa shape index (κ3) is 5.91. The summed E-state index contributed by atoms with van der Waals surface area (Å²) >= 11 is 0. The lowest BCUT2D eigenvalue weighted by molar-refractivity contribution is 0.0635. The average Bonchev–Trinajstić information content (AvgIpc) is 2.54. The molecule has 0 saturated carbocycles. The van der Waals surface area contributed by atoms with E-state index in [1.807, 2.05) is 0 Å². The zero-order chi connectivity index (χ0) is 19.3. The normalized spacial score (nSPS) is 15.3. The van der Waals surface area contributed by atoms with Crippen LogP contribution in [0.5, 0.6) is 0 Å². The van der Waals surface area contributed by atoms with E-state index >= 15 is 0 Å². The van der Waals surface area contributed by atoms with Crippen molar-refractivity contribution in [3.8, 4) is 0 Å². The summed E-state index contributed by atoms with van der Waals surface area (Å²) < 4.78 is 5.13. The van der Waals surface area contributed by atoms with Crippen molar-refractivity contribution in [1.82, 2.24) is 15.2 Å². The largest absolute Gasteiger partial charge is 0.465 e. The van der Waals surface area contributed by atoms with Crippen LogP contribution in [0.3, 0.4) is 0 Å². The van der Waals surface area contributed by atoms with Crippen LogP contribution in [0.1, 0.15) is 44.0 Å². The van der Waals surface area contributed by atoms with E-state index in [0.717, 1.165) is 0 Å². The van der Waals surface area contributed by atoms with Gasteiger partial charge < -0.3 is 20.1 Å². The van der Waals surface area contributed by atoms with E-state index in [1.165, 1.54) is 17.2 Å². The van der Waals surface area contributed by atoms with E-state index < -0.39 is 17.8 Å². The molecule has 0 unspecified atom stereocenters. The number of carbonyl (C=O) groups is 3. The highest BCUT2D eigenvalue weighted by Crippen LogP contribution is 2.13. The number of hydrogen-bond donors (Lipinski definition) is 3. The average molecular weight is 364 g/mol. The molecule has 3 amide bonds. The monoisotopic (exact) mass is 364 g/mol. The number of amides is 3. The lowest BCUT2D eigenvalue weighted by Crippen LogP contribution is -2.46. The predicted octanol–water partition coefficient (Wildman–Crippen LogP) is 2.30. The van der Waals surface area contributed by atoms with Gasteiger partial charge in [0.05, 0.1) is 5.56 Å². The summed E-state index contributed by atoms with van der Waals surface area (Å²) in [6.45, 7) is 6.08. The number of pyridine rings is 1. The molecule has 1 aromatic heterocycles. The minimum atomic E-state index is -0.938. The number of anilines is 1. The minimum Gasteiger partial charge on any atom is -0.465 e. The maximum absolute atomic E-state index is 12.3. The number of rotatable bonds is 3. The van der Waals surface area contributed by atoms with Crippen LogP contribution in [0.15, 0.2) is 18.3 Å². The van der Waals surface area contributed by atoms with Gasteiger partial charge in [0.2, 0.25) is 0 Å². The smallest absolute Gasteiger partial charge is 0.413 e. The standard InChI is InChI=1S/C17H24N4O5/c1-17(2,3)26-15(23)20-13-5-4-11(10-18-13)14(22)19-12-6-8-21(9-7-12)16(24)25/h4-5,10,12H,6-9H2,1-3H3,(H,19,22)(H,24,25)(H,18,20,23). The van der Waals surface area contributed by atoms with Crippen LogP contribution >= 0.6 is 0 Å². The first kappa shape index (κ1) is 19.5. The molecule has 1 saturated heterocycles. The third-order valence-electron chi connectivity index (χ3n) is 3.76. The summed E-state index contributed by atoms with van der Waals surface area (Å²) in [6.07, 6.45) is 0.960. The van der Waals surface area contributed by atoms with Crippen LogP contribution in [0.4, 0.5) is 15.4 Å². The molecule has 2 heterocycles. The van der Waals surface area contributed by atoms with Crippen molar-refractivity contribution in [1.29, 1.82) is 0 Å². The van der Waals surface area contributed by atoms with Gasteiger partial charge in [0.15, 0.2) is 0 Å². The van der Waals surface area contributed by atoms with Crippen LogP contribution in [0.25, 0.3) is 0 Å². The van der Waals surface area contributed by atoms with Crippen LogP contribution in [-0.2, 0) is 4.74 Å². The van der Waals surface area contributed by atoms with Crippen molar-refractivity contribution >= 4 is 23.9 Å². The predicted molar refractivity (Wildman–Crippen MR) is 94.2 cm³/mol. The number of piperidine rings is 1. The van der Waals surface area contributed by atoms with Crippen LogP contribution in [0.2, 0.25) is 0 Å². The molecule has 3 N–H and O–H groups in total. The Bertz CT molecular complexity index is 661. The third-order valence-corrected chi connectivity index (χ3v) is 3.76. The summed E-state index contributed by atoms with van der Waals surface area (Å²) in [5.74, 6) is 0.000611. The molecule has 0 atom stereocenters. The summed E-state index contributed by atoms with van der Waals surface area (Å²) in [4.78, 5) is 40.2.